The Morgan fingerprint density at radius 2 is 2.25 bits per heavy atom. The van der Waals surface area contributed by atoms with E-state index in [1.165, 1.54) is 16.2 Å². The fraction of sp³-hybridized carbons (Fsp3) is 0.417. The van der Waals surface area contributed by atoms with Crippen molar-refractivity contribution in [2.24, 2.45) is 5.73 Å². The third-order valence-corrected chi connectivity index (χ3v) is 4.26. The minimum atomic E-state index is 0.278. The van der Waals surface area contributed by atoms with E-state index in [0.717, 1.165) is 19.3 Å². The van der Waals surface area contributed by atoms with Gasteiger partial charge in [-0.1, -0.05) is 6.07 Å². The molecule has 2 rings (SSSR count). The number of thiophene rings is 1. The van der Waals surface area contributed by atoms with Crippen LogP contribution in [0, 0.1) is 0 Å². The summed E-state index contributed by atoms with van der Waals surface area (Å²) in [4.78, 5) is 6.82. The summed E-state index contributed by atoms with van der Waals surface area (Å²) in [5.74, 6) is 0. The Morgan fingerprint density at radius 3 is 2.94 bits per heavy atom. The van der Waals surface area contributed by atoms with Crippen molar-refractivity contribution in [3.8, 4) is 0 Å². The molecule has 2 heterocycles. The molecule has 0 aromatic carbocycles. The number of nitrogens with two attached hydrogens (primary N) is 1. The molecule has 86 valence electrons. The number of nitrogens with zero attached hydrogens (tertiary/aromatic N) is 1. The molecule has 0 aliphatic heterocycles. The monoisotopic (exact) mass is 252 g/mol. The lowest BCUT2D eigenvalue weighted by atomic mass is 10.1. The van der Waals surface area contributed by atoms with Gasteiger partial charge in [0.05, 0.1) is 5.51 Å². The molecule has 2 N–H and O–H groups in total. The predicted molar refractivity (Wildman–Crippen MR) is 71.1 cm³/mol. The number of hydrogen-bond donors (Lipinski definition) is 1. The van der Waals surface area contributed by atoms with Gasteiger partial charge in [-0.15, -0.1) is 22.7 Å². The molecule has 0 aliphatic rings. The molecule has 2 nitrogen and oxygen atoms in total. The van der Waals surface area contributed by atoms with Gasteiger partial charge in [0.1, 0.15) is 0 Å². The molecule has 0 amide bonds. The SMILES string of the molecule is NC(CCCc1cccs1)Cc1cncs1. The van der Waals surface area contributed by atoms with Crippen LogP contribution in [0.15, 0.2) is 29.2 Å². The zero-order valence-electron chi connectivity index (χ0n) is 9.13. The lowest BCUT2D eigenvalue weighted by molar-refractivity contribution is 0.585. The van der Waals surface area contributed by atoms with Crippen LogP contribution in [-0.4, -0.2) is 11.0 Å². The van der Waals surface area contributed by atoms with Crippen LogP contribution in [0.2, 0.25) is 0 Å². The van der Waals surface area contributed by atoms with Crippen molar-refractivity contribution in [3.63, 3.8) is 0 Å². The molecule has 2 aromatic rings. The second kappa shape index (κ2) is 6.13. The van der Waals surface area contributed by atoms with Crippen LogP contribution in [-0.2, 0) is 12.8 Å². The van der Waals surface area contributed by atoms with E-state index < -0.39 is 0 Å². The first-order valence-corrected chi connectivity index (χ1v) is 7.26. The third kappa shape index (κ3) is 3.70. The van der Waals surface area contributed by atoms with Gasteiger partial charge in [-0.05, 0) is 37.1 Å². The van der Waals surface area contributed by atoms with Crippen molar-refractivity contribution >= 4 is 22.7 Å². The van der Waals surface area contributed by atoms with Gasteiger partial charge in [-0.2, -0.15) is 0 Å². The maximum atomic E-state index is 6.09. The first-order valence-electron chi connectivity index (χ1n) is 5.50. The smallest absolute Gasteiger partial charge is 0.0794 e. The minimum Gasteiger partial charge on any atom is -0.327 e. The fourth-order valence-corrected chi connectivity index (χ4v) is 3.14. The summed E-state index contributed by atoms with van der Waals surface area (Å²) >= 11 is 3.52. The summed E-state index contributed by atoms with van der Waals surface area (Å²) < 4.78 is 0. The second-order valence-electron chi connectivity index (χ2n) is 3.90. The Morgan fingerprint density at radius 1 is 1.31 bits per heavy atom. The van der Waals surface area contributed by atoms with Crippen molar-refractivity contribution in [2.75, 3.05) is 0 Å². The van der Waals surface area contributed by atoms with Gasteiger partial charge in [-0.3, -0.25) is 4.98 Å². The van der Waals surface area contributed by atoms with Gasteiger partial charge >= 0.3 is 0 Å². The molecule has 1 unspecified atom stereocenters. The van der Waals surface area contributed by atoms with Crippen LogP contribution in [0.25, 0.3) is 0 Å². The van der Waals surface area contributed by atoms with E-state index in [2.05, 4.69) is 22.5 Å². The van der Waals surface area contributed by atoms with Crippen molar-refractivity contribution < 1.29 is 0 Å². The average molecular weight is 252 g/mol. The highest BCUT2D eigenvalue weighted by Crippen LogP contribution is 2.14. The van der Waals surface area contributed by atoms with Crippen molar-refractivity contribution in [1.29, 1.82) is 0 Å². The first-order chi connectivity index (χ1) is 7.84. The molecular formula is C12H16N2S2. The molecule has 0 bridgehead atoms. The van der Waals surface area contributed by atoms with E-state index in [-0.39, 0.29) is 6.04 Å². The molecule has 4 heteroatoms. The Hall–Kier alpha value is -0.710. The Kier molecular flexibility index (Phi) is 4.51. The zero-order chi connectivity index (χ0) is 11.2. The second-order valence-corrected chi connectivity index (χ2v) is 5.91. The summed E-state index contributed by atoms with van der Waals surface area (Å²) in [6.07, 6.45) is 6.32. The Bertz CT molecular complexity index is 381. The van der Waals surface area contributed by atoms with E-state index in [9.17, 15) is 0 Å². The van der Waals surface area contributed by atoms with Gasteiger partial charge in [0.2, 0.25) is 0 Å². The van der Waals surface area contributed by atoms with Gasteiger partial charge < -0.3 is 5.73 Å². The highest BCUT2D eigenvalue weighted by molar-refractivity contribution is 7.10. The maximum Gasteiger partial charge on any atom is 0.0794 e. The molecule has 0 aliphatic carbocycles. The number of thiazole rings is 1. The number of aryl methyl sites for hydroxylation is 1. The summed E-state index contributed by atoms with van der Waals surface area (Å²) in [7, 11) is 0. The van der Waals surface area contributed by atoms with E-state index >= 15 is 0 Å². The number of rotatable bonds is 6. The molecule has 0 saturated heterocycles. The average Bonchev–Trinajstić information content (AvgIpc) is 2.90. The zero-order valence-corrected chi connectivity index (χ0v) is 10.8. The number of hydrogen-bond acceptors (Lipinski definition) is 4. The van der Waals surface area contributed by atoms with Crippen LogP contribution in [0.5, 0.6) is 0 Å². The van der Waals surface area contributed by atoms with Crippen LogP contribution >= 0.6 is 22.7 Å². The largest absolute Gasteiger partial charge is 0.327 e. The lowest BCUT2D eigenvalue weighted by Crippen LogP contribution is -2.22. The third-order valence-electron chi connectivity index (χ3n) is 2.53. The van der Waals surface area contributed by atoms with E-state index in [4.69, 9.17) is 5.73 Å². The quantitative estimate of drug-likeness (QED) is 0.858. The Balaban J connectivity index is 1.66. The van der Waals surface area contributed by atoms with E-state index in [1.807, 2.05) is 23.0 Å². The standard InChI is InChI=1S/C12H16N2S2/c13-10(7-12-8-14-9-16-12)3-1-4-11-5-2-6-15-11/h2,5-6,8-10H,1,3-4,7,13H2. The van der Waals surface area contributed by atoms with Crippen LogP contribution in [0.1, 0.15) is 22.6 Å². The van der Waals surface area contributed by atoms with Gasteiger partial charge in [0.25, 0.3) is 0 Å². The topological polar surface area (TPSA) is 38.9 Å². The van der Waals surface area contributed by atoms with Crippen molar-refractivity contribution in [3.05, 3.63) is 39.0 Å². The molecule has 0 saturated carbocycles. The minimum absolute atomic E-state index is 0.278. The highest BCUT2D eigenvalue weighted by Gasteiger charge is 2.05. The molecule has 2 aromatic heterocycles. The molecule has 1 atom stereocenters. The van der Waals surface area contributed by atoms with Crippen molar-refractivity contribution in [2.45, 2.75) is 31.7 Å². The van der Waals surface area contributed by atoms with Crippen LogP contribution < -0.4 is 5.73 Å². The molecule has 0 spiro atoms. The normalized spacial score (nSPS) is 12.8. The van der Waals surface area contributed by atoms with E-state index in [0.29, 0.717) is 0 Å². The Labute approximate surface area is 104 Å². The molecule has 16 heavy (non-hydrogen) atoms. The van der Waals surface area contributed by atoms with Crippen molar-refractivity contribution in [1.82, 2.24) is 4.98 Å². The molecule has 0 radical (unpaired) electrons. The lowest BCUT2D eigenvalue weighted by Gasteiger charge is -2.09. The fourth-order valence-electron chi connectivity index (χ4n) is 1.70. The number of aromatic nitrogens is 1. The maximum absolute atomic E-state index is 6.09. The van der Waals surface area contributed by atoms with Gasteiger partial charge in [-0.25, -0.2) is 0 Å². The molecule has 0 fully saturated rings. The van der Waals surface area contributed by atoms with E-state index in [1.54, 1.807) is 11.3 Å². The molecular weight excluding hydrogens is 236 g/mol. The predicted octanol–water partition coefficient (Wildman–Crippen LogP) is 3.10. The van der Waals surface area contributed by atoms with Crippen LogP contribution in [0.4, 0.5) is 0 Å². The van der Waals surface area contributed by atoms with Gasteiger partial charge in [0, 0.05) is 22.0 Å². The first kappa shape index (κ1) is 11.8. The summed E-state index contributed by atoms with van der Waals surface area (Å²) in [5.41, 5.74) is 7.96. The highest BCUT2D eigenvalue weighted by atomic mass is 32.1. The van der Waals surface area contributed by atoms with Gasteiger partial charge in [0.15, 0.2) is 0 Å². The summed E-state index contributed by atoms with van der Waals surface area (Å²) in [5, 5.41) is 2.13. The summed E-state index contributed by atoms with van der Waals surface area (Å²) in [6, 6.07) is 4.58. The van der Waals surface area contributed by atoms with Crippen LogP contribution in [0.3, 0.4) is 0 Å². The summed E-state index contributed by atoms with van der Waals surface area (Å²) in [6.45, 7) is 0.